The molecule has 18 heavy (non-hydrogen) atoms. The Labute approximate surface area is 110 Å². The molecular weight excluding hydrogens is 250 g/mol. The molecule has 0 saturated carbocycles. The molecule has 1 aromatic heterocycles. The van der Waals surface area contributed by atoms with E-state index in [0.29, 0.717) is 0 Å². The average Bonchev–Trinajstić information content (AvgIpc) is 2.40. The number of para-hydroxylation sites is 1. The summed E-state index contributed by atoms with van der Waals surface area (Å²) in [5, 5.41) is 3.08. The lowest BCUT2D eigenvalue weighted by Crippen LogP contribution is -2.15. The van der Waals surface area contributed by atoms with Crippen LogP contribution in [0.4, 0.5) is 5.69 Å². The molecular formula is C13H12ClN3O. The van der Waals surface area contributed by atoms with Gasteiger partial charge in [-0.2, -0.15) is 0 Å². The Morgan fingerprint density at radius 2 is 2.06 bits per heavy atom. The van der Waals surface area contributed by atoms with Crippen LogP contribution in [0.3, 0.4) is 0 Å². The fraction of sp³-hybridized carbons (Fsp3) is 0.154. The van der Waals surface area contributed by atoms with Crippen molar-refractivity contribution in [3.05, 3.63) is 53.1 Å². The van der Waals surface area contributed by atoms with Gasteiger partial charge in [-0.15, -0.1) is 0 Å². The Balaban J connectivity index is 2.18. The number of aromatic nitrogens is 2. The Morgan fingerprint density at radius 3 is 2.72 bits per heavy atom. The monoisotopic (exact) mass is 261 g/mol. The zero-order chi connectivity index (χ0) is 13.0. The first-order valence-corrected chi connectivity index (χ1v) is 5.95. The van der Waals surface area contributed by atoms with Gasteiger partial charge in [0.05, 0.1) is 12.4 Å². The number of nitrogens with one attached hydrogen (secondary N) is 1. The minimum absolute atomic E-state index is 0.241. The van der Waals surface area contributed by atoms with Gasteiger partial charge in [0.25, 0.3) is 5.91 Å². The molecule has 2 rings (SSSR count). The third-order valence-electron chi connectivity index (χ3n) is 2.50. The van der Waals surface area contributed by atoms with Gasteiger partial charge in [0.15, 0.2) is 0 Å². The Kier molecular flexibility index (Phi) is 3.89. The van der Waals surface area contributed by atoms with Gasteiger partial charge >= 0.3 is 0 Å². The number of hydrogen-bond acceptors (Lipinski definition) is 3. The lowest BCUT2D eigenvalue weighted by atomic mass is 10.1. The van der Waals surface area contributed by atoms with Crippen LogP contribution >= 0.6 is 11.6 Å². The predicted molar refractivity (Wildman–Crippen MR) is 70.8 cm³/mol. The molecule has 1 heterocycles. The highest BCUT2D eigenvalue weighted by Gasteiger charge is 2.09. The molecule has 0 fully saturated rings. The van der Waals surface area contributed by atoms with Gasteiger partial charge in [-0.25, -0.2) is 9.97 Å². The van der Waals surface area contributed by atoms with Crippen LogP contribution in [0.2, 0.25) is 5.15 Å². The van der Waals surface area contributed by atoms with E-state index in [1.807, 2.05) is 31.2 Å². The second-order valence-corrected chi connectivity index (χ2v) is 4.08. The van der Waals surface area contributed by atoms with Crippen molar-refractivity contribution >= 4 is 23.2 Å². The highest BCUT2D eigenvalue weighted by molar-refractivity contribution is 6.29. The summed E-state index contributed by atoms with van der Waals surface area (Å²) in [6.07, 6.45) is 3.55. The number of carbonyl (C=O) groups is 1. The summed E-state index contributed by atoms with van der Waals surface area (Å²) in [4.78, 5) is 19.7. The first kappa shape index (κ1) is 12.5. The minimum Gasteiger partial charge on any atom is -0.320 e. The van der Waals surface area contributed by atoms with Gasteiger partial charge in [0.1, 0.15) is 10.8 Å². The molecule has 5 heteroatoms. The molecule has 0 aliphatic heterocycles. The molecule has 1 amide bonds. The largest absolute Gasteiger partial charge is 0.320 e. The molecule has 2 aromatic rings. The molecule has 0 unspecified atom stereocenters. The zero-order valence-electron chi connectivity index (χ0n) is 9.85. The van der Waals surface area contributed by atoms with E-state index < -0.39 is 0 Å². The Bertz CT molecular complexity index is 554. The summed E-state index contributed by atoms with van der Waals surface area (Å²) < 4.78 is 0. The summed E-state index contributed by atoms with van der Waals surface area (Å²) in [6.45, 7) is 2.03. The molecule has 0 atom stereocenters. The second-order valence-electron chi connectivity index (χ2n) is 3.69. The van der Waals surface area contributed by atoms with E-state index in [0.717, 1.165) is 17.7 Å². The summed E-state index contributed by atoms with van der Waals surface area (Å²) in [6, 6.07) is 7.65. The van der Waals surface area contributed by atoms with Crippen molar-refractivity contribution < 1.29 is 4.79 Å². The molecule has 0 radical (unpaired) electrons. The van der Waals surface area contributed by atoms with Crippen LogP contribution in [0.25, 0.3) is 0 Å². The van der Waals surface area contributed by atoms with Crippen molar-refractivity contribution in [2.45, 2.75) is 13.3 Å². The molecule has 0 saturated heterocycles. The highest BCUT2D eigenvalue weighted by Crippen LogP contribution is 2.16. The summed E-state index contributed by atoms with van der Waals surface area (Å²) in [5.41, 5.74) is 2.11. The number of amides is 1. The first-order valence-electron chi connectivity index (χ1n) is 5.57. The minimum atomic E-state index is -0.292. The van der Waals surface area contributed by atoms with Gasteiger partial charge in [0.2, 0.25) is 0 Å². The van der Waals surface area contributed by atoms with E-state index in [4.69, 9.17) is 11.6 Å². The van der Waals surface area contributed by atoms with E-state index >= 15 is 0 Å². The molecule has 4 nitrogen and oxygen atoms in total. The average molecular weight is 262 g/mol. The van der Waals surface area contributed by atoms with Crippen LogP contribution in [-0.4, -0.2) is 15.9 Å². The van der Waals surface area contributed by atoms with Crippen LogP contribution < -0.4 is 5.32 Å². The quantitative estimate of drug-likeness (QED) is 0.924. The number of aryl methyl sites for hydroxylation is 1. The van der Waals surface area contributed by atoms with Gasteiger partial charge in [-0.05, 0) is 18.1 Å². The number of anilines is 1. The molecule has 0 bridgehead atoms. The fourth-order valence-electron chi connectivity index (χ4n) is 1.57. The second kappa shape index (κ2) is 5.60. The Morgan fingerprint density at radius 1 is 1.28 bits per heavy atom. The molecule has 0 spiro atoms. The van der Waals surface area contributed by atoms with E-state index in [1.54, 1.807) is 0 Å². The third-order valence-corrected chi connectivity index (χ3v) is 2.69. The van der Waals surface area contributed by atoms with Crippen molar-refractivity contribution in [3.8, 4) is 0 Å². The first-order chi connectivity index (χ1) is 8.70. The van der Waals surface area contributed by atoms with Crippen molar-refractivity contribution in [3.63, 3.8) is 0 Å². The molecule has 0 aliphatic carbocycles. The van der Waals surface area contributed by atoms with Crippen molar-refractivity contribution in [2.24, 2.45) is 0 Å². The number of nitrogens with zero attached hydrogens (tertiary/aromatic N) is 2. The van der Waals surface area contributed by atoms with E-state index in [9.17, 15) is 4.79 Å². The predicted octanol–water partition coefficient (Wildman–Crippen LogP) is 2.94. The standard InChI is InChI=1S/C13H12ClN3O/c1-2-9-5-3-4-6-10(9)17-13(18)11-7-16-12(14)8-15-11/h3-8H,2H2,1H3,(H,17,18). The number of rotatable bonds is 3. The number of carbonyl (C=O) groups excluding carboxylic acids is 1. The summed E-state index contributed by atoms with van der Waals surface area (Å²) in [7, 11) is 0. The van der Waals surface area contributed by atoms with Crippen LogP contribution in [0, 0.1) is 0 Å². The van der Waals surface area contributed by atoms with E-state index in [1.165, 1.54) is 12.4 Å². The van der Waals surface area contributed by atoms with Gasteiger partial charge in [0, 0.05) is 5.69 Å². The van der Waals surface area contributed by atoms with E-state index in [-0.39, 0.29) is 16.8 Å². The maximum Gasteiger partial charge on any atom is 0.275 e. The van der Waals surface area contributed by atoms with Crippen molar-refractivity contribution in [1.82, 2.24) is 9.97 Å². The fourth-order valence-corrected chi connectivity index (χ4v) is 1.66. The summed E-state index contributed by atoms with van der Waals surface area (Å²) >= 11 is 5.62. The van der Waals surface area contributed by atoms with E-state index in [2.05, 4.69) is 15.3 Å². The van der Waals surface area contributed by atoms with Crippen LogP contribution in [0.1, 0.15) is 23.0 Å². The number of halogens is 1. The SMILES string of the molecule is CCc1ccccc1NC(=O)c1cnc(Cl)cn1. The Hall–Kier alpha value is -1.94. The van der Waals surface area contributed by atoms with Crippen molar-refractivity contribution in [1.29, 1.82) is 0 Å². The number of benzene rings is 1. The maximum absolute atomic E-state index is 11.9. The smallest absolute Gasteiger partial charge is 0.275 e. The lowest BCUT2D eigenvalue weighted by Gasteiger charge is -2.08. The van der Waals surface area contributed by atoms with Gasteiger partial charge < -0.3 is 5.32 Å². The zero-order valence-corrected chi connectivity index (χ0v) is 10.6. The number of hydrogen-bond donors (Lipinski definition) is 1. The molecule has 0 aliphatic rings. The normalized spacial score (nSPS) is 10.1. The van der Waals surface area contributed by atoms with Crippen molar-refractivity contribution in [2.75, 3.05) is 5.32 Å². The molecule has 1 aromatic carbocycles. The van der Waals surface area contributed by atoms with Crippen LogP contribution in [0.5, 0.6) is 0 Å². The van der Waals surface area contributed by atoms with Gasteiger partial charge in [-0.1, -0.05) is 36.7 Å². The van der Waals surface area contributed by atoms with Crippen LogP contribution in [0.15, 0.2) is 36.7 Å². The topological polar surface area (TPSA) is 54.9 Å². The lowest BCUT2D eigenvalue weighted by molar-refractivity contribution is 0.102. The van der Waals surface area contributed by atoms with Crippen LogP contribution in [-0.2, 0) is 6.42 Å². The third kappa shape index (κ3) is 2.84. The van der Waals surface area contributed by atoms with Gasteiger partial charge in [-0.3, -0.25) is 4.79 Å². The summed E-state index contributed by atoms with van der Waals surface area (Å²) in [5.74, 6) is -0.292. The molecule has 1 N–H and O–H groups in total. The molecule has 92 valence electrons. The highest BCUT2D eigenvalue weighted by atomic mass is 35.5. The maximum atomic E-state index is 11.9.